The highest BCUT2D eigenvalue weighted by atomic mass is 32.1. The van der Waals surface area contributed by atoms with Crippen LogP contribution in [0.3, 0.4) is 0 Å². The Balaban J connectivity index is 1.53. The number of hydrogen-bond donors (Lipinski definition) is 1. The van der Waals surface area contributed by atoms with E-state index in [1.165, 1.54) is 16.2 Å². The van der Waals surface area contributed by atoms with Crippen molar-refractivity contribution < 1.29 is 22.7 Å². The van der Waals surface area contributed by atoms with Gasteiger partial charge in [0.15, 0.2) is 17.5 Å². The molecule has 2 saturated heterocycles. The number of fused-ring (bicyclic) bond motifs is 2. The SMILES string of the molecule is O=C(OC1C[C@H]2CC[C@@H](C1)N2)N(Cc1ccc(F)c(F)c1F)c1cccs1. The van der Waals surface area contributed by atoms with Crippen molar-refractivity contribution in [1.29, 1.82) is 0 Å². The Morgan fingerprint density at radius 1 is 1.15 bits per heavy atom. The number of piperidine rings is 1. The average molecular weight is 396 g/mol. The lowest BCUT2D eigenvalue weighted by atomic mass is 10.0. The highest BCUT2D eigenvalue weighted by Crippen LogP contribution is 2.31. The molecule has 144 valence electrons. The summed E-state index contributed by atoms with van der Waals surface area (Å²) in [5, 5.41) is 5.82. The summed E-state index contributed by atoms with van der Waals surface area (Å²) in [6.07, 6.45) is 2.85. The van der Waals surface area contributed by atoms with Crippen LogP contribution in [0, 0.1) is 17.5 Å². The molecule has 0 spiro atoms. The highest BCUT2D eigenvalue weighted by molar-refractivity contribution is 7.14. The molecule has 4 nitrogen and oxygen atoms in total. The zero-order valence-electron chi connectivity index (χ0n) is 14.5. The molecule has 0 radical (unpaired) electrons. The van der Waals surface area contributed by atoms with E-state index < -0.39 is 23.5 Å². The minimum absolute atomic E-state index is 0.107. The summed E-state index contributed by atoms with van der Waals surface area (Å²) in [6.45, 7) is -0.236. The van der Waals surface area contributed by atoms with Gasteiger partial charge in [0.05, 0.1) is 6.54 Å². The van der Waals surface area contributed by atoms with Crippen molar-refractivity contribution >= 4 is 22.4 Å². The Morgan fingerprint density at radius 3 is 2.56 bits per heavy atom. The van der Waals surface area contributed by atoms with Gasteiger partial charge < -0.3 is 10.1 Å². The van der Waals surface area contributed by atoms with Crippen molar-refractivity contribution in [3.63, 3.8) is 0 Å². The van der Waals surface area contributed by atoms with Crippen LogP contribution in [0.4, 0.5) is 23.0 Å². The monoisotopic (exact) mass is 396 g/mol. The van der Waals surface area contributed by atoms with E-state index in [4.69, 9.17) is 4.74 Å². The third-order valence-corrected chi connectivity index (χ3v) is 6.02. The first-order valence-corrected chi connectivity index (χ1v) is 9.79. The molecule has 3 atom stereocenters. The van der Waals surface area contributed by atoms with Crippen LogP contribution in [0.25, 0.3) is 0 Å². The van der Waals surface area contributed by atoms with Crippen LogP contribution in [0.5, 0.6) is 0 Å². The van der Waals surface area contributed by atoms with Crippen LogP contribution in [-0.2, 0) is 11.3 Å². The number of hydrogen-bond acceptors (Lipinski definition) is 4. The lowest BCUT2D eigenvalue weighted by Gasteiger charge is -2.31. The number of rotatable bonds is 4. The number of carbonyl (C=O) groups excluding carboxylic acids is 1. The van der Waals surface area contributed by atoms with Crippen molar-refractivity contribution in [2.24, 2.45) is 0 Å². The van der Waals surface area contributed by atoms with Gasteiger partial charge in [0.1, 0.15) is 11.1 Å². The van der Waals surface area contributed by atoms with Gasteiger partial charge in [-0.2, -0.15) is 0 Å². The molecule has 1 aromatic heterocycles. The molecule has 1 N–H and O–H groups in total. The lowest BCUT2D eigenvalue weighted by Crippen LogP contribution is -2.44. The van der Waals surface area contributed by atoms with Crippen LogP contribution in [-0.4, -0.2) is 24.3 Å². The maximum Gasteiger partial charge on any atom is 0.415 e. The number of nitrogens with zero attached hydrogens (tertiary/aromatic N) is 1. The van der Waals surface area contributed by atoms with Gasteiger partial charge in [-0.1, -0.05) is 6.07 Å². The number of benzene rings is 1. The van der Waals surface area contributed by atoms with Crippen molar-refractivity contribution in [2.45, 2.75) is 50.4 Å². The number of amides is 1. The van der Waals surface area contributed by atoms with E-state index in [9.17, 15) is 18.0 Å². The van der Waals surface area contributed by atoms with E-state index in [1.807, 2.05) is 0 Å². The predicted octanol–water partition coefficient (Wildman–Crippen LogP) is 4.59. The van der Waals surface area contributed by atoms with E-state index in [-0.39, 0.29) is 18.2 Å². The van der Waals surface area contributed by atoms with Gasteiger partial charge in [-0.15, -0.1) is 11.3 Å². The third-order valence-electron chi connectivity index (χ3n) is 5.13. The first-order valence-electron chi connectivity index (χ1n) is 8.91. The van der Waals surface area contributed by atoms with E-state index >= 15 is 0 Å². The summed E-state index contributed by atoms with van der Waals surface area (Å²) in [5.41, 5.74) is -0.107. The van der Waals surface area contributed by atoms with Gasteiger partial charge in [0.2, 0.25) is 0 Å². The minimum atomic E-state index is -1.54. The van der Waals surface area contributed by atoms with E-state index in [0.717, 1.165) is 37.8 Å². The van der Waals surface area contributed by atoms with Gasteiger partial charge in [-0.25, -0.2) is 18.0 Å². The molecule has 2 fully saturated rings. The van der Waals surface area contributed by atoms with Gasteiger partial charge >= 0.3 is 6.09 Å². The Kier molecular flexibility index (Phi) is 5.10. The molecule has 1 unspecified atom stereocenters. The van der Waals surface area contributed by atoms with Crippen LogP contribution < -0.4 is 10.2 Å². The normalized spacial score (nSPS) is 24.0. The van der Waals surface area contributed by atoms with Gasteiger partial charge in [0, 0.05) is 17.6 Å². The zero-order chi connectivity index (χ0) is 19.0. The smallest absolute Gasteiger partial charge is 0.415 e. The lowest BCUT2D eigenvalue weighted by molar-refractivity contribution is 0.0719. The Labute approximate surface area is 158 Å². The third kappa shape index (κ3) is 3.82. The molecule has 8 heteroatoms. The molecular weight excluding hydrogens is 377 g/mol. The Hall–Kier alpha value is -2.06. The molecular formula is C19H19F3N2O2S. The fourth-order valence-electron chi connectivity index (χ4n) is 3.82. The molecule has 27 heavy (non-hydrogen) atoms. The quantitative estimate of drug-likeness (QED) is 0.769. The van der Waals surface area contributed by atoms with Crippen molar-refractivity contribution in [3.8, 4) is 0 Å². The number of anilines is 1. The van der Waals surface area contributed by atoms with Crippen molar-refractivity contribution in [2.75, 3.05) is 4.90 Å². The molecule has 2 aliphatic rings. The predicted molar refractivity (Wildman–Crippen MR) is 96.3 cm³/mol. The first-order chi connectivity index (χ1) is 13.0. The molecule has 3 heterocycles. The Bertz CT molecular complexity index is 819. The molecule has 2 bridgehead atoms. The van der Waals surface area contributed by atoms with Gasteiger partial charge in [-0.05, 0) is 49.3 Å². The van der Waals surface area contributed by atoms with Gasteiger partial charge in [0.25, 0.3) is 0 Å². The molecule has 2 aliphatic heterocycles. The molecule has 1 amide bonds. The van der Waals surface area contributed by atoms with Crippen LogP contribution in [0.2, 0.25) is 0 Å². The second kappa shape index (κ2) is 7.52. The fraction of sp³-hybridized carbons (Fsp3) is 0.421. The van der Waals surface area contributed by atoms with E-state index in [2.05, 4.69) is 5.32 Å². The molecule has 0 aliphatic carbocycles. The van der Waals surface area contributed by atoms with Crippen molar-refractivity contribution in [1.82, 2.24) is 5.32 Å². The topological polar surface area (TPSA) is 41.6 Å². The highest BCUT2D eigenvalue weighted by Gasteiger charge is 2.36. The average Bonchev–Trinajstić information content (AvgIpc) is 3.29. The van der Waals surface area contributed by atoms with Gasteiger partial charge in [-0.3, -0.25) is 4.90 Å². The first kappa shape index (κ1) is 18.3. The zero-order valence-corrected chi connectivity index (χ0v) is 15.3. The number of carbonyl (C=O) groups is 1. The summed E-state index contributed by atoms with van der Waals surface area (Å²) in [5.74, 6) is -4.09. The molecule has 4 rings (SSSR count). The largest absolute Gasteiger partial charge is 0.446 e. The maximum absolute atomic E-state index is 14.1. The van der Waals surface area contributed by atoms with E-state index in [1.54, 1.807) is 17.5 Å². The summed E-state index contributed by atoms with van der Waals surface area (Å²) < 4.78 is 46.5. The standard InChI is InChI=1S/C19H19F3N2O2S/c20-15-6-3-11(17(21)18(15)22)10-24(16-2-1-7-27-16)19(25)26-14-8-12-4-5-13(9-14)23-12/h1-3,6-7,12-14,23H,4-5,8-10H2/t12-,13+,14?. The number of thiophene rings is 1. The summed E-state index contributed by atoms with van der Waals surface area (Å²) >= 11 is 1.29. The summed E-state index contributed by atoms with van der Waals surface area (Å²) in [7, 11) is 0. The van der Waals surface area contributed by atoms with Crippen LogP contribution in [0.1, 0.15) is 31.2 Å². The number of nitrogens with one attached hydrogen (secondary N) is 1. The fourth-order valence-corrected chi connectivity index (χ4v) is 4.54. The second-order valence-corrected chi connectivity index (χ2v) is 7.91. The molecule has 0 saturated carbocycles. The second-order valence-electron chi connectivity index (χ2n) is 6.99. The summed E-state index contributed by atoms with van der Waals surface area (Å²) in [4.78, 5) is 14.1. The van der Waals surface area contributed by atoms with Crippen LogP contribution >= 0.6 is 11.3 Å². The van der Waals surface area contributed by atoms with Crippen molar-refractivity contribution in [3.05, 3.63) is 52.7 Å². The van der Waals surface area contributed by atoms with E-state index in [0.29, 0.717) is 17.1 Å². The molecule has 2 aromatic rings. The summed E-state index contributed by atoms with van der Waals surface area (Å²) in [6, 6.07) is 6.19. The minimum Gasteiger partial charge on any atom is -0.446 e. The molecule has 1 aromatic carbocycles. The number of ether oxygens (including phenoxy) is 1. The van der Waals surface area contributed by atoms with Crippen LogP contribution in [0.15, 0.2) is 29.6 Å². The maximum atomic E-state index is 14.1. The Morgan fingerprint density at radius 2 is 1.89 bits per heavy atom. The number of halogens is 3.